The molecule has 0 bridgehead atoms. The van der Waals surface area contributed by atoms with E-state index >= 15 is 0 Å². The Labute approximate surface area is 122 Å². The average Bonchev–Trinajstić information content (AvgIpc) is 2.34. The predicted molar refractivity (Wildman–Crippen MR) is 76.2 cm³/mol. The molecule has 0 unspecified atom stereocenters. The molecule has 0 radical (unpaired) electrons. The molecular formula is C11H12Br2N2O3. The highest BCUT2D eigenvalue weighted by Gasteiger charge is 2.16. The number of hydrogen-bond donors (Lipinski definition) is 0. The van der Waals surface area contributed by atoms with E-state index in [1.54, 1.807) is 18.0 Å². The van der Waals surface area contributed by atoms with Gasteiger partial charge in [-0.25, -0.2) is 0 Å². The van der Waals surface area contributed by atoms with Crippen molar-refractivity contribution < 1.29 is 9.72 Å². The summed E-state index contributed by atoms with van der Waals surface area (Å²) in [4.78, 5) is 23.8. The lowest BCUT2D eigenvalue weighted by atomic mass is 10.2. The van der Waals surface area contributed by atoms with Crippen LogP contribution < -0.4 is 0 Å². The summed E-state index contributed by atoms with van der Waals surface area (Å²) in [5, 5.41) is 11.5. The molecule has 0 N–H and O–H groups in total. The van der Waals surface area contributed by atoms with Crippen LogP contribution in [0.3, 0.4) is 0 Å². The van der Waals surface area contributed by atoms with Gasteiger partial charge in [-0.3, -0.25) is 14.9 Å². The van der Waals surface area contributed by atoms with E-state index in [1.807, 2.05) is 0 Å². The fraction of sp³-hybridized carbons (Fsp3) is 0.364. The highest BCUT2D eigenvalue weighted by molar-refractivity contribution is 9.10. The van der Waals surface area contributed by atoms with Gasteiger partial charge in [-0.15, -0.1) is 0 Å². The number of alkyl halides is 1. The molecule has 0 atom stereocenters. The topological polar surface area (TPSA) is 63.5 Å². The van der Waals surface area contributed by atoms with Crippen LogP contribution in [-0.4, -0.2) is 34.7 Å². The van der Waals surface area contributed by atoms with Crippen LogP contribution in [0.5, 0.6) is 0 Å². The minimum Gasteiger partial charge on any atom is -0.342 e. The molecule has 0 spiro atoms. The lowest BCUT2D eigenvalue weighted by Gasteiger charge is -2.16. The lowest BCUT2D eigenvalue weighted by Crippen LogP contribution is -2.28. The third-order valence-corrected chi connectivity index (χ3v) is 3.33. The van der Waals surface area contributed by atoms with E-state index in [-0.39, 0.29) is 11.6 Å². The quantitative estimate of drug-likeness (QED) is 0.448. The summed E-state index contributed by atoms with van der Waals surface area (Å²) < 4.78 is 0.522. The Morgan fingerprint density at radius 2 is 2.11 bits per heavy atom. The molecule has 0 fully saturated rings. The first kappa shape index (κ1) is 15.1. The maximum absolute atomic E-state index is 12.0. The molecule has 98 valence electrons. The molecule has 7 heteroatoms. The third kappa shape index (κ3) is 4.06. The van der Waals surface area contributed by atoms with E-state index in [0.29, 0.717) is 16.6 Å². The Morgan fingerprint density at radius 3 is 2.67 bits per heavy atom. The van der Waals surface area contributed by atoms with E-state index in [0.717, 1.165) is 11.8 Å². The second kappa shape index (κ2) is 6.84. The van der Waals surface area contributed by atoms with Gasteiger partial charge in [-0.1, -0.05) is 31.9 Å². The molecular weight excluding hydrogens is 368 g/mol. The fourth-order valence-electron chi connectivity index (χ4n) is 1.42. The maximum atomic E-state index is 12.0. The molecule has 1 aromatic carbocycles. The van der Waals surface area contributed by atoms with Crippen LogP contribution >= 0.6 is 31.9 Å². The van der Waals surface area contributed by atoms with Gasteiger partial charge in [0.25, 0.3) is 11.6 Å². The van der Waals surface area contributed by atoms with Gasteiger partial charge in [0.1, 0.15) is 0 Å². The van der Waals surface area contributed by atoms with Crippen molar-refractivity contribution in [1.82, 2.24) is 4.90 Å². The second-order valence-electron chi connectivity index (χ2n) is 3.72. The minimum absolute atomic E-state index is 0.0957. The Balaban J connectivity index is 2.95. The number of hydrogen-bond acceptors (Lipinski definition) is 3. The highest BCUT2D eigenvalue weighted by Crippen LogP contribution is 2.22. The summed E-state index contributed by atoms with van der Waals surface area (Å²) in [6, 6.07) is 4.24. The molecule has 0 heterocycles. The number of benzene rings is 1. The normalized spacial score (nSPS) is 10.2. The van der Waals surface area contributed by atoms with Crippen molar-refractivity contribution in [2.75, 3.05) is 18.9 Å². The molecule has 0 aromatic heterocycles. The molecule has 0 saturated heterocycles. The van der Waals surface area contributed by atoms with E-state index < -0.39 is 4.92 Å². The zero-order valence-electron chi connectivity index (χ0n) is 9.73. The first-order valence-electron chi connectivity index (χ1n) is 5.22. The van der Waals surface area contributed by atoms with E-state index in [2.05, 4.69) is 31.9 Å². The van der Waals surface area contributed by atoms with Crippen LogP contribution in [0.15, 0.2) is 22.7 Å². The van der Waals surface area contributed by atoms with Crippen LogP contribution in [0.2, 0.25) is 0 Å². The summed E-state index contributed by atoms with van der Waals surface area (Å²) >= 11 is 6.46. The van der Waals surface area contributed by atoms with Crippen molar-refractivity contribution in [1.29, 1.82) is 0 Å². The number of carbonyl (C=O) groups excluding carboxylic acids is 1. The van der Waals surface area contributed by atoms with Gasteiger partial charge >= 0.3 is 0 Å². The van der Waals surface area contributed by atoms with Crippen molar-refractivity contribution in [3.8, 4) is 0 Å². The number of amides is 1. The fourth-order valence-corrected chi connectivity index (χ4v) is 2.15. The van der Waals surface area contributed by atoms with Gasteiger partial charge in [0, 0.05) is 41.1 Å². The van der Waals surface area contributed by atoms with Crippen molar-refractivity contribution in [2.45, 2.75) is 6.42 Å². The Bertz CT molecular complexity index is 466. The highest BCUT2D eigenvalue weighted by atomic mass is 79.9. The smallest absolute Gasteiger partial charge is 0.271 e. The van der Waals surface area contributed by atoms with Gasteiger partial charge in [0.15, 0.2) is 0 Å². The van der Waals surface area contributed by atoms with Gasteiger partial charge in [-0.2, -0.15) is 0 Å². The van der Waals surface area contributed by atoms with Crippen molar-refractivity contribution in [2.24, 2.45) is 0 Å². The van der Waals surface area contributed by atoms with Crippen molar-refractivity contribution >= 4 is 43.5 Å². The van der Waals surface area contributed by atoms with E-state index in [4.69, 9.17) is 0 Å². The minimum atomic E-state index is -0.514. The molecule has 0 saturated carbocycles. The van der Waals surface area contributed by atoms with Crippen LogP contribution in [0.25, 0.3) is 0 Å². The largest absolute Gasteiger partial charge is 0.342 e. The molecule has 18 heavy (non-hydrogen) atoms. The monoisotopic (exact) mass is 378 g/mol. The summed E-state index contributed by atoms with van der Waals surface area (Å²) in [5.74, 6) is -0.222. The van der Waals surface area contributed by atoms with Gasteiger partial charge in [0.2, 0.25) is 0 Å². The molecule has 0 aliphatic rings. The summed E-state index contributed by atoms with van der Waals surface area (Å²) in [6.07, 6.45) is 0.832. The van der Waals surface area contributed by atoms with Gasteiger partial charge in [0.05, 0.1) is 4.92 Å². The molecule has 0 aliphatic carbocycles. The Kier molecular flexibility index (Phi) is 5.74. The summed E-state index contributed by atoms with van der Waals surface area (Å²) in [6.45, 7) is 0.602. The maximum Gasteiger partial charge on any atom is 0.271 e. The number of nitro groups is 1. The zero-order valence-corrected chi connectivity index (χ0v) is 12.9. The third-order valence-electron chi connectivity index (χ3n) is 2.31. The Hall–Kier alpha value is -0.950. The molecule has 0 aliphatic heterocycles. The molecule has 1 amide bonds. The van der Waals surface area contributed by atoms with Crippen LogP contribution in [0.4, 0.5) is 5.69 Å². The van der Waals surface area contributed by atoms with E-state index in [1.165, 1.54) is 12.1 Å². The first-order chi connectivity index (χ1) is 8.45. The molecule has 1 aromatic rings. The number of nitrogens with zero attached hydrogens (tertiary/aromatic N) is 2. The van der Waals surface area contributed by atoms with Gasteiger partial charge < -0.3 is 4.90 Å². The summed E-state index contributed by atoms with van der Waals surface area (Å²) in [5.41, 5.74) is 0.217. The first-order valence-corrected chi connectivity index (χ1v) is 7.13. The Morgan fingerprint density at radius 1 is 1.44 bits per heavy atom. The zero-order chi connectivity index (χ0) is 13.7. The number of rotatable bonds is 5. The number of carbonyl (C=O) groups is 1. The SMILES string of the molecule is CN(CCCBr)C(=O)c1cc(Br)cc([N+](=O)[O-])c1. The second-order valence-corrected chi connectivity index (χ2v) is 5.43. The molecule has 5 nitrogen and oxygen atoms in total. The molecule has 1 rings (SSSR count). The lowest BCUT2D eigenvalue weighted by molar-refractivity contribution is -0.385. The van der Waals surface area contributed by atoms with Crippen LogP contribution in [0.1, 0.15) is 16.8 Å². The average molecular weight is 380 g/mol. The van der Waals surface area contributed by atoms with Crippen LogP contribution in [-0.2, 0) is 0 Å². The standard InChI is InChI=1S/C11H12Br2N2O3/c1-14(4-2-3-12)11(16)8-5-9(13)7-10(6-8)15(17)18/h5-7H,2-4H2,1H3. The summed E-state index contributed by atoms with van der Waals surface area (Å²) in [7, 11) is 1.68. The number of nitro benzene ring substituents is 1. The van der Waals surface area contributed by atoms with Crippen molar-refractivity contribution in [3.05, 3.63) is 38.3 Å². The predicted octanol–water partition coefficient (Wildman–Crippen LogP) is 3.21. The number of non-ortho nitro benzene ring substituents is 1. The van der Waals surface area contributed by atoms with Gasteiger partial charge in [-0.05, 0) is 12.5 Å². The van der Waals surface area contributed by atoms with Crippen LogP contribution in [0, 0.1) is 10.1 Å². The van der Waals surface area contributed by atoms with Crippen molar-refractivity contribution in [3.63, 3.8) is 0 Å². The number of halogens is 2. The van der Waals surface area contributed by atoms with E-state index in [9.17, 15) is 14.9 Å².